The number of carbonyl (C=O) groups is 1. The summed E-state index contributed by atoms with van der Waals surface area (Å²) in [5, 5.41) is 17.3. The number of nitro groups is 1. The molecule has 0 aliphatic carbocycles. The van der Waals surface area contributed by atoms with Gasteiger partial charge in [-0.25, -0.2) is 5.01 Å². The average molecular weight is 372 g/mol. The summed E-state index contributed by atoms with van der Waals surface area (Å²) in [6, 6.07) is 7.23. The Kier molecular flexibility index (Phi) is 5.52. The number of nitrogens with one attached hydrogen (secondary N) is 1. The Morgan fingerprint density at radius 3 is 2.37 bits per heavy atom. The van der Waals surface area contributed by atoms with Crippen LogP contribution in [-0.2, 0) is 6.54 Å². The Labute approximate surface area is 157 Å². The number of aromatic nitrogens is 2. The molecule has 1 N–H and O–H groups in total. The van der Waals surface area contributed by atoms with E-state index < -0.39 is 4.92 Å². The molecular formula is C18H24N6O3. The molecule has 2 heterocycles. The molecule has 3 rings (SSSR count). The van der Waals surface area contributed by atoms with E-state index in [9.17, 15) is 14.9 Å². The number of hydrogen-bond acceptors (Lipinski definition) is 6. The molecule has 0 spiro atoms. The third-order valence-corrected chi connectivity index (χ3v) is 4.84. The summed E-state index contributed by atoms with van der Waals surface area (Å²) in [5.74, 6) is -0.132. The van der Waals surface area contributed by atoms with Gasteiger partial charge in [0.2, 0.25) is 0 Å². The van der Waals surface area contributed by atoms with Gasteiger partial charge >= 0.3 is 5.69 Å². The van der Waals surface area contributed by atoms with Crippen LogP contribution in [-0.4, -0.2) is 63.7 Å². The molecule has 144 valence electrons. The molecule has 2 aromatic rings. The first-order valence-electron chi connectivity index (χ1n) is 8.87. The zero-order valence-corrected chi connectivity index (χ0v) is 15.8. The molecule has 0 bridgehead atoms. The normalized spacial score (nSPS) is 15.7. The van der Waals surface area contributed by atoms with Crippen LogP contribution in [0.3, 0.4) is 0 Å². The molecule has 0 unspecified atom stereocenters. The summed E-state index contributed by atoms with van der Waals surface area (Å²) in [4.78, 5) is 25.3. The molecule has 1 aliphatic rings. The van der Waals surface area contributed by atoms with E-state index in [4.69, 9.17) is 0 Å². The Morgan fingerprint density at radius 2 is 1.81 bits per heavy atom. The number of likely N-dealkylation sites (N-methyl/N-ethyl adjacent to an activating group) is 1. The number of aryl methyl sites for hydroxylation is 1. The lowest BCUT2D eigenvalue weighted by atomic mass is 10.1. The van der Waals surface area contributed by atoms with Crippen LogP contribution in [0.4, 0.5) is 5.69 Å². The first kappa shape index (κ1) is 19.0. The van der Waals surface area contributed by atoms with Gasteiger partial charge in [-0.1, -0.05) is 12.1 Å². The minimum absolute atomic E-state index is 0.0539. The average Bonchev–Trinajstić information content (AvgIpc) is 2.91. The van der Waals surface area contributed by atoms with Crippen molar-refractivity contribution in [2.75, 3.05) is 33.2 Å². The zero-order valence-electron chi connectivity index (χ0n) is 15.8. The van der Waals surface area contributed by atoms with E-state index in [1.165, 1.54) is 0 Å². The molecule has 27 heavy (non-hydrogen) atoms. The highest BCUT2D eigenvalue weighted by Gasteiger charge is 2.22. The van der Waals surface area contributed by atoms with Crippen molar-refractivity contribution in [3.63, 3.8) is 0 Å². The van der Waals surface area contributed by atoms with Crippen LogP contribution in [0.5, 0.6) is 0 Å². The smallest absolute Gasteiger partial charge is 0.304 e. The van der Waals surface area contributed by atoms with E-state index in [2.05, 4.69) is 22.5 Å². The van der Waals surface area contributed by atoms with Gasteiger partial charge in [0.05, 0.1) is 11.5 Å². The van der Waals surface area contributed by atoms with E-state index in [1.807, 2.05) is 17.1 Å². The Morgan fingerprint density at radius 1 is 1.19 bits per heavy atom. The number of rotatable bonds is 5. The Hall–Kier alpha value is -2.78. The molecule has 9 heteroatoms. The van der Waals surface area contributed by atoms with Gasteiger partial charge in [0.1, 0.15) is 11.4 Å². The minimum atomic E-state index is -0.403. The third-order valence-electron chi connectivity index (χ3n) is 4.84. The van der Waals surface area contributed by atoms with Gasteiger partial charge in [0.15, 0.2) is 0 Å². The van der Waals surface area contributed by atoms with E-state index >= 15 is 0 Å². The van der Waals surface area contributed by atoms with Crippen molar-refractivity contribution >= 4 is 11.6 Å². The van der Waals surface area contributed by atoms with Gasteiger partial charge < -0.3 is 4.90 Å². The largest absolute Gasteiger partial charge is 0.312 e. The highest BCUT2D eigenvalue weighted by molar-refractivity contribution is 5.93. The predicted molar refractivity (Wildman–Crippen MR) is 100 cm³/mol. The topological polar surface area (TPSA) is 96.5 Å². The third kappa shape index (κ3) is 4.32. The van der Waals surface area contributed by atoms with Crippen LogP contribution in [0.25, 0.3) is 0 Å². The zero-order chi connectivity index (χ0) is 19.6. The number of nitrogens with zero attached hydrogens (tertiary/aromatic N) is 5. The number of carbonyl (C=O) groups excluding carboxylic acids is 1. The van der Waals surface area contributed by atoms with Crippen LogP contribution in [0.2, 0.25) is 0 Å². The lowest BCUT2D eigenvalue weighted by Gasteiger charge is -2.32. The summed E-state index contributed by atoms with van der Waals surface area (Å²) >= 11 is 0. The maximum atomic E-state index is 12.4. The number of amides is 1. The number of hydrogen-bond donors (Lipinski definition) is 1. The number of piperazine rings is 1. The second-order valence-electron chi connectivity index (χ2n) is 6.86. The van der Waals surface area contributed by atoms with Gasteiger partial charge in [-0.15, -0.1) is 0 Å². The maximum Gasteiger partial charge on any atom is 0.312 e. The first-order valence-corrected chi connectivity index (χ1v) is 8.87. The molecule has 1 amide bonds. The van der Waals surface area contributed by atoms with Crippen LogP contribution in [0.1, 0.15) is 27.3 Å². The predicted octanol–water partition coefficient (Wildman–Crippen LogP) is 1.35. The lowest BCUT2D eigenvalue weighted by Crippen LogP contribution is -2.52. The molecule has 0 saturated carbocycles. The van der Waals surface area contributed by atoms with Crippen molar-refractivity contribution in [2.24, 2.45) is 0 Å². The summed E-state index contributed by atoms with van der Waals surface area (Å²) in [7, 11) is 2.06. The summed E-state index contributed by atoms with van der Waals surface area (Å²) < 4.78 is 1.62. The quantitative estimate of drug-likeness (QED) is 0.629. The van der Waals surface area contributed by atoms with E-state index in [0.29, 0.717) is 23.5 Å². The highest BCUT2D eigenvalue weighted by Crippen LogP contribution is 2.22. The molecule has 1 saturated heterocycles. The van der Waals surface area contributed by atoms with Gasteiger partial charge in [-0.05, 0) is 38.6 Å². The van der Waals surface area contributed by atoms with Gasteiger partial charge in [0.25, 0.3) is 5.91 Å². The van der Waals surface area contributed by atoms with Crippen LogP contribution >= 0.6 is 0 Å². The van der Waals surface area contributed by atoms with E-state index in [-0.39, 0.29) is 11.6 Å². The second-order valence-corrected chi connectivity index (χ2v) is 6.86. The van der Waals surface area contributed by atoms with Crippen LogP contribution in [0, 0.1) is 24.0 Å². The van der Waals surface area contributed by atoms with Crippen molar-refractivity contribution in [2.45, 2.75) is 20.4 Å². The maximum absolute atomic E-state index is 12.4. The van der Waals surface area contributed by atoms with Crippen molar-refractivity contribution in [3.8, 4) is 0 Å². The monoisotopic (exact) mass is 372 g/mol. The molecule has 1 aromatic carbocycles. The van der Waals surface area contributed by atoms with E-state index in [0.717, 1.165) is 31.7 Å². The lowest BCUT2D eigenvalue weighted by molar-refractivity contribution is -0.386. The fourth-order valence-corrected chi connectivity index (χ4v) is 3.17. The van der Waals surface area contributed by atoms with Gasteiger partial charge in [-0.3, -0.25) is 25.0 Å². The first-order chi connectivity index (χ1) is 12.8. The van der Waals surface area contributed by atoms with Gasteiger partial charge in [0, 0.05) is 31.7 Å². The molecule has 9 nitrogen and oxygen atoms in total. The molecule has 1 aliphatic heterocycles. The summed E-state index contributed by atoms with van der Waals surface area (Å²) in [5.41, 5.74) is 5.42. The molecule has 0 radical (unpaired) electrons. The standard InChI is InChI=1S/C18H24N6O3/c1-13-17(24(26)27)14(2)23(19-13)12-15-4-6-16(7-5-15)18(25)20-22-10-8-21(3)9-11-22/h4-7H,8-12H2,1-3H3,(H,20,25). The molecule has 0 atom stereocenters. The fourth-order valence-electron chi connectivity index (χ4n) is 3.17. The van der Waals surface area contributed by atoms with Crippen molar-refractivity contribution in [1.82, 2.24) is 25.1 Å². The van der Waals surface area contributed by atoms with Crippen molar-refractivity contribution in [3.05, 3.63) is 56.9 Å². The molecular weight excluding hydrogens is 348 g/mol. The Bertz CT molecular complexity index is 838. The molecule has 1 aromatic heterocycles. The number of hydrazine groups is 1. The van der Waals surface area contributed by atoms with Crippen LogP contribution < -0.4 is 5.43 Å². The van der Waals surface area contributed by atoms with E-state index in [1.54, 1.807) is 30.7 Å². The van der Waals surface area contributed by atoms with Gasteiger partial charge in [-0.2, -0.15) is 5.10 Å². The van der Waals surface area contributed by atoms with Crippen molar-refractivity contribution in [1.29, 1.82) is 0 Å². The second kappa shape index (κ2) is 7.85. The minimum Gasteiger partial charge on any atom is -0.304 e. The number of benzene rings is 1. The summed E-state index contributed by atoms with van der Waals surface area (Å²) in [6.07, 6.45) is 0. The fraction of sp³-hybridized carbons (Fsp3) is 0.444. The SMILES string of the molecule is Cc1nn(Cc2ccc(C(=O)NN3CCN(C)CC3)cc2)c(C)c1[N+](=O)[O-]. The summed E-state index contributed by atoms with van der Waals surface area (Å²) in [6.45, 7) is 7.19. The van der Waals surface area contributed by atoms with Crippen molar-refractivity contribution < 1.29 is 9.72 Å². The van der Waals surface area contributed by atoms with Crippen LogP contribution in [0.15, 0.2) is 24.3 Å². The molecule has 1 fully saturated rings. The Balaban J connectivity index is 1.64. The highest BCUT2D eigenvalue weighted by atomic mass is 16.6.